The summed E-state index contributed by atoms with van der Waals surface area (Å²) in [6.07, 6.45) is 0.527. The van der Waals surface area contributed by atoms with E-state index in [1.165, 1.54) is 12.1 Å². The third-order valence-electron chi connectivity index (χ3n) is 3.14. The molecule has 2 aromatic rings. The highest BCUT2D eigenvalue weighted by Crippen LogP contribution is 2.21. The van der Waals surface area contributed by atoms with Crippen LogP contribution in [0.1, 0.15) is 37.0 Å². The van der Waals surface area contributed by atoms with Gasteiger partial charge in [0.1, 0.15) is 5.82 Å². The predicted molar refractivity (Wildman–Crippen MR) is 70.1 cm³/mol. The lowest BCUT2D eigenvalue weighted by molar-refractivity contribution is 0.322. The van der Waals surface area contributed by atoms with Crippen molar-refractivity contribution < 1.29 is 8.91 Å². The van der Waals surface area contributed by atoms with Gasteiger partial charge in [-0.2, -0.15) is 4.98 Å². The summed E-state index contributed by atoms with van der Waals surface area (Å²) < 4.78 is 18.1. The topological polar surface area (TPSA) is 64.9 Å². The average Bonchev–Trinajstić information content (AvgIpc) is 2.81. The molecule has 0 fully saturated rings. The number of benzene rings is 1. The van der Waals surface area contributed by atoms with Crippen LogP contribution in [0.4, 0.5) is 4.39 Å². The summed E-state index contributed by atoms with van der Waals surface area (Å²) in [6.45, 7) is 4.62. The second-order valence-corrected chi connectivity index (χ2v) is 4.94. The van der Waals surface area contributed by atoms with Crippen LogP contribution in [0.15, 0.2) is 28.8 Å². The Kier molecular flexibility index (Phi) is 4.27. The first-order chi connectivity index (χ1) is 9.10. The Morgan fingerprint density at radius 2 is 1.95 bits per heavy atom. The fourth-order valence-electron chi connectivity index (χ4n) is 1.93. The van der Waals surface area contributed by atoms with Gasteiger partial charge in [-0.15, -0.1) is 0 Å². The summed E-state index contributed by atoms with van der Waals surface area (Å²) in [6, 6.07) is 6.28. The van der Waals surface area contributed by atoms with Gasteiger partial charge in [-0.25, -0.2) is 4.39 Å². The molecule has 4 nitrogen and oxygen atoms in total. The van der Waals surface area contributed by atoms with E-state index in [4.69, 9.17) is 10.3 Å². The first-order valence-corrected chi connectivity index (χ1v) is 6.37. The average molecular weight is 263 g/mol. The molecule has 1 atom stereocenters. The quantitative estimate of drug-likeness (QED) is 0.900. The number of halogens is 1. The van der Waals surface area contributed by atoms with Crippen LogP contribution in [0, 0.1) is 11.7 Å². The summed E-state index contributed by atoms with van der Waals surface area (Å²) >= 11 is 0. The maximum atomic E-state index is 12.8. The third kappa shape index (κ3) is 3.38. The number of hydrogen-bond donors (Lipinski definition) is 1. The molecule has 102 valence electrons. The van der Waals surface area contributed by atoms with Crippen LogP contribution in [0.2, 0.25) is 0 Å². The molecule has 1 aromatic heterocycles. The van der Waals surface area contributed by atoms with Crippen molar-refractivity contribution in [3.8, 4) is 0 Å². The van der Waals surface area contributed by atoms with Gasteiger partial charge < -0.3 is 10.3 Å². The molecule has 0 amide bonds. The van der Waals surface area contributed by atoms with Gasteiger partial charge in [-0.1, -0.05) is 31.1 Å². The van der Waals surface area contributed by atoms with Crippen LogP contribution in [0.3, 0.4) is 0 Å². The molecule has 1 aromatic carbocycles. The van der Waals surface area contributed by atoms with Crippen LogP contribution >= 0.6 is 0 Å². The van der Waals surface area contributed by atoms with Gasteiger partial charge >= 0.3 is 0 Å². The first-order valence-electron chi connectivity index (χ1n) is 6.37. The molecule has 0 saturated carbocycles. The number of nitrogens with zero attached hydrogens (tertiary/aromatic N) is 2. The molecular formula is C14H18FN3O. The summed E-state index contributed by atoms with van der Waals surface area (Å²) in [7, 11) is 0. The Morgan fingerprint density at radius 3 is 2.53 bits per heavy atom. The molecule has 0 aliphatic rings. The van der Waals surface area contributed by atoms with E-state index in [-0.39, 0.29) is 11.7 Å². The zero-order valence-electron chi connectivity index (χ0n) is 11.1. The fourth-order valence-corrected chi connectivity index (χ4v) is 1.93. The zero-order chi connectivity index (χ0) is 13.8. The standard InChI is InChI=1S/C14H18FN3O/c1-9(2)12(8-16)14-17-13(18-19-14)7-10-3-5-11(15)6-4-10/h3-6,9,12H,7-8,16H2,1-2H3. The maximum absolute atomic E-state index is 12.8. The SMILES string of the molecule is CC(C)C(CN)c1nc(Cc2ccc(F)cc2)no1. The lowest BCUT2D eigenvalue weighted by Gasteiger charge is -2.13. The van der Waals surface area contributed by atoms with E-state index >= 15 is 0 Å². The maximum Gasteiger partial charge on any atom is 0.231 e. The van der Waals surface area contributed by atoms with Crippen molar-refractivity contribution in [2.45, 2.75) is 26.2 Å². The smallest absolute Gasteiger partial charge is 0.231 e. The Hall–Kier alpha value is -1.75. The monoisotopic (exact) mass is 263 g/mol. The van der Waals surface area contributed by atoms with Crippen molar-refractivity contribution in [2.24, 2.45) is 11.7 Å². The number of rotatable bonds is 5. The van der Waals surface area contributed by atoms with Crippen LogP contribution in [0.25, 0.3) is 0 Å². The third-order valence-corrected chi connectivity index (χ3v) is 3.14. The highest BCUT2D eigenvalue weighted by atomic mass is 19.1. The largest absolute Gasteiger partial charge is 0.339 e. The van der Waals surface area contributed by atoms with Crippen molar-refractivity contribution in [1.29, 1.82) is 0 Å². The Bertz CT molecular complexity index is 522. The summed E-state index contributed by atoms with van der Waals surface area (Å²) in [5.41, 5.74) is 6.66. The second kappa shape index (κ2) is 5.93. The minimum Gasteiger partial charge on any atom is -0.339 e. The fraction of sp³-hybridized carbons (Fsp3) is 0.429. The molecule has 2 N–H and O–H groups in total. The van der Waals surface area contributed by atoms with Crippen LogP contribution in [-0.2, 0) is 6.42 Å². The van der Waals surface area contributed by atoms with Crippen molar-refractivity contribution in [2.75, 3.05) is 6.54 Å². The van der Waals surface area contributed by atoms with E-state index in [9.17, 15) is 4.39 Å². The van der Waals surface area contributed by atoms with Gasteiger partial charge in [0.15, 0.2) is 5.82 Å². The molecule has 0 aliphatic heterocycles. The van der Waals surface area contributed by atoms with Gasteiger partial charge in [-0.05, 0) is 23.6 Å². The molecule has 0 spiro atoms. The first kappa shape index (κ1) is 13.7. The number of aromatic nitrogens is 2. The Labute approximate surface area is 111 Å². The second-order valence-electron chi connectivity index (χ2n) is 4.94. The van der Waals surface area contributed by atoms with Gasteiger partial charge in [-0.3, -0.25) is 0 Å². The van der Waals surface area contributed by atoms with E-state index in [1.54, 1.807) is 12.1 Å². The zero-order valence-corrected chi connectivity index (χ0v) is 11.1. The molecule has 0 aliphatic carbocycles. The highest BCUT2D eigenvalue weighted by molar-refractivity contribution is 5.19. The van der Waals surface area contributed by atoms with E-state index in [0.717, 1.165) is 5.56 Å². The normalized spacial score (nSPS) is 12.9. The predicted octanol–water partition coefficient (Wildman–Crippen LogP) is 2.50. The van der Waals surface area contributed by atoms with Crippen molar-refractivity contribution in [3.63, 3.8) is 0 Å². The molecule has 5 heteroatoms. The Balaban J connectivity index is 2.10. The van der Waals surface area contributed by atoms with Crippen molar-refractivity contribution >= 4 is 0 Å². The van der Waals surface area contributed by atoms with Gasteiger partial charge in [0.2, 0.25) is 5.89 Å². The van der Waals surface area contributed by atoms with Gasteiger partial charge in [0, 0.05) is 13.0 Å². The summed E-state index contributed by atoms with van der Waals surface area (Å²) in [5.74, 6) is 1.36. The lowest BCUT2D eigenvalue weighted by Crippen LogP contribution is -2.18. The summed E-state index contributed by atoms with van der Waals surface area (Å²) in [5, 5.41) is 3.95. The lowest BCUT2D eigenvalue weighted by atomic mass is 9.96. The van der Waals surface area contributed by atoms with Crippen molar-refractivity contribution in [1.82, 2.24) is 10.1 Å². The summed E-state index contributed by atoms with van der Waals surface area (Å²) in [4.78, 5) is 4.37. The number of nitrogens with two attached hydrogens (primary N) is 1. The van der Waals surface area contributed by atoms with Crippen LogP contribution < -0.4 is 5.73 Å². The van der Waals surface area contributed by atoms with Gasteiger partial charge in [0.05, 0.1) is 5.92 Å². The minimum atomic E-state index is -0.249. The van der Waals surface area contributed by atoms with Crippen LogP contribution in [-0.4, -0.2) is 16.7 Å². The molecule has 0 radical (unpaired) electrons. The molecular weight excluding hydrogens is 245 g/mol. The Morgan fingerprint density at radius 1 is 1.26 bits per heavy atom. The van der Waals surface area contributed by atoms with E-state index < -0.39 is 0 Å². The highest BCUT2D eigenvalue weighted by Gasteiger charge is 2.20. The van der Waals surface area contributed by atoms with E-state index in [0.29, 0.717) is 30.6 Å². The van der Waals surface area contributed by atoms with E-state index in [2.05, 4.69) is 24.0 Å². The molecule has 0 saturated heterocycles. The van der Waals surface area contributed by atoms with E-state index in [1.807, 2.05) is 0 Å². The molecule has 1 unspecified atom stereocenters. The van der Waals surface area contributed by atoms with Crippen molar-refractivity contribution in [3.05, 3.63) is 47.4 Å². The minimum absolute atomic E-state index is 0.0782. The molecule has 0 bridgehead atoms. The number of hydrogen-bond acceptors (Lipinski definition) is 4. The molecule has 2 rings (SSSR count). The van der Waals surface area contributed by atoms with Crippen LogP contribution in [0.5, 0.6) is 0 Å². The molecule has 19 heavy (non-hydrogen) atoms. The van der Waals surface area contributed by atoms with Gasteiger partial charge in [0.25, 0.3) is 0 Å². The molecule has 1 heterocycles.